The number of benzene rings is 3. The minimum atomic E-state index is -1.09. The van der Waals surface area contributed by atoms with Crippen LogP contribution >= 0.6 is 0 Å². The maximum absolute atomic E-state index is 12.7. The molecule has 3 aliphatic carbocycles. The lowest BCUT2D eigenvalue weighted by Gasteiger charge is -2.65. The third kappa shape index (κ3) is 4.93. The molecule has 6 atom stereocenters. The molecular formula is C39H48N2O5. The van der Waals surface area contributed by atoms with Crippen LogP contribution in [0.25, 0.3) is 0 Å². The first kappa shape index (κ1) is 30.2. The number of hydrogen-bond acceptors (Lipinski definition) is 7. The molecule has 3 aromatic carbocycles. The van der Waals surface area contributed by atoms with Gasteiger partial charge in [-0.1, -0.05) is 54.1 Å². The number of ether oxygens (including phenoxy) is 2. The van der Waals surface area contributed by atoms with Crippen LogP contribution < -0.4 is 14.8 Å². The summed E-state index contributed by atoms with van der Waals surface area (Å²) in [5, 5.41) is 39.6. The first-order valence-electron chi connectivity index (χ1n) is 17.5. The summed E-state index contributed by atoms with van der Waals surface area (Å²) in [6.45, 7) is 5.57. The highest BCUT2D eigenvalue weighted by Crippen LogP contribution is 2.67. The normalized spacial score (nSPS) is 31.6. The summed E-state index contributed by atoms with van der Waals surface area (Å²) in [5.74, 6) is 2.23. The minimum Gasteiger partial charge on any atom is -0.504 e. The molecule has 244 valence electrons. The molecule has 2 heterocycles. The lowest BCUT2D eigenvalue weighted by atomic mass is 9.46. The highest BCUT2D eigenvalue weighted by atomic mass is 16.5. The Bertz CT molecular complexity index is 1560. The van der Waals surface area contributed by atoms with Gasteiger partial charge in [0.1, 0.15) is 23.6 Å². The van der Waals surface area contributed by atoms with Gasteiger partial charge in [0, 0.05) is 24.6 Å². The molecule has 1 unspecified atom stereocenters. The number of likely N-dealkylation sites (tertiary alicyclic amines) is 1. The molecule has 0 radical (unpaired) electrons. The number of phenolic OH excluding ortho intramolecular Hbond substituents is 1. The van der Waals surface area contributed by atoms with Gasteiger partial charge in [-0.05, 0) is 113 Å². The molecule has 8 rings (SSSR count). The monoisotopic (exact) mass is 624 g/mol. The quantitative estimate of drug-likeness (QED) is 0.196. The Labute approximate surface area is 272 Å². The summed E-state index contributed by atoms with van der Waals surface area (Å²) in [6, 6.07) is 22.4. The highest BCUT2D eigenvalue weighted by molar-refractivity contribution is 5.63. The zero-order chi connectivity index (χ0) is 31.5. The summed E-state index contributed by atoms with van der Waals surface area (Å²) in [7, 11) is 0. The average Bonchev–Trinajstić information content (AvgIpc) is 3.80. The van der Waals surface area contributed by atoms with Crippen molar-refractivity contribution in [3.05, 3.63) is 89.0 Å². The van der Waals surface area contributed by atoms with E-state index in [0.717, 1.165) is 80.2 Å². The molecule has 4 N–H and O–H groups in total. The van der Waals surface area contributed by atoms with Crippen LogP contribution in [0.2, 0.25) is 0 Å². The number of phenols is 1. The van der Waals surface area contributed by atoms with Crippen LogP contribution in [0, 0.1) is 12.8 Å². The smallest absolute Gasteiger partial charge is 0.165 e. The maximum atomic E-state index is 12.7. The van der Waals surface area contributed by atoms with E-state index in [1.54, 1.807) is 6.07 Å². The van der Waals surface area contributed by atoms with Gasteiger partial charge in [0.2, 0.25) is 0 Å². The minimum absolute atomic E-state index is 0.0156. The second-order valence-corrected chi connectivity index (χ2v) is 14.8. The Morgan fingerprint density at radius 2 is 1.78 bits per heavy atom. The Hall–Kier alpha value is -3.10. The number of nitrogens with one attached hydrogen (secondary N) is 1. The Kier molecular flexibility index (Phi) is 7.59. The number of aromatic hydroxyl groups is 1. The molecule has 7 nitrogen and oxygen atoms in total. The number of aryl methyl sites for hydroxylation is 1. The van der Waals surface area contributed by atoms with E-state index in [1.165, 1.54) is 18.4 Å². The van der Waals surface area contributed by atoms with Crippen LogP contribution in [0.1, 0.15) is 79.7 Å². The third-order valence-electron chi connectivity index (χ3n) is 12.0. The second kappa shape index (κ2) is 11.6. The van der Waals surface area contributed by atoms with Gasteiger partial charge in [-0.2, -0.15) is 0 Å². The molecule has 2 saturated carbocycles. The van der Waals surface area contributed by atoms with E-state index in [4.69, 9.17) is 9.47 Å². The standard InChI is InChI=1S/C39H48N2O5/c1-26-8-13-30(14-9-26)45-32(28-6-3-2-4-7-28)16-22-40-21-5-17-37(43)18-19-39(44)33-24-29-12-15-31(42)35-34(29)38(39,36(37)46-35)20-23-41(33)25-27-10-11-27/h2-4,6-9,12-15,27,32-33,36,40,42-44H,5,10-11,16-25H2,1H3/t32?,33-,36+,37+,38+,39-/m1/s1. The van der Waals surface area contributed by atoms with Crippen LogP contribution in [-0.2, 0) is 11.8 Å². The van der Waals surface area contributed by atoms with Crippen molar-refractivity contribution < 1.29 is 24.8 Å². The molecule has 2 bridgehead atoms. The van der Waals surface area contributed by atoms with Crippen molar-refractivity contribution in [2.45, 2.75) is 99.6 Å². The van der Waals surface area contributed by atoms with Crippen molar-refractivity contribution >= 4 is 0 Å². The van der Waals surface area contributed by atoms with E-state index in [9.17, 15) is 15.3 Å². The van der Waals surface area contributed by atoms with E-state index in [1.807, 2.05) is 24.3 Å². The van der Waals surface area contributed by atoms with E-state index in [-0.39, 0.29) is 17.9 Å². The first-order chi connectivity index (χ1) is 22.3. The molecule has 3 aromatic rings. The summed E-state index contributed by atoms with van der Waals surface area (Å²) in [4.78, 5) is 2.54. The zero-order valence-electron chi connectivity index (χ0n) is 27.0. The average molecular weight is 625 g/mol. The second-order valence-electron chi connectivity index (χ2n) is 14.8. The van der Waals surface area contributed by atoms with Crippen LogP contribution in [0.3, 0.4) is 0 Å². The molecule has 2 aliphatic heterocycles. The van der Waals surface area contributed by atoms with Gasteiger partial charge in [-0.25, -0.2) is 0 Å². The number of hydrogen-bond donors (Lipinski definition) is 4. The summed E-state index contributed by atoms with van der Waals surface area (Å²) in [5.41, 5.74) is 1.74. The molecule has 0 amide bonds. The van der Waals surface area contributed by atoms with Gasteiger partial charge >= 0.3 is 0 Å². The highest BCUT2D eigenvalue weighted by Gasteiger charge is 2.75. The fourth-order valence-corrected chi connectivity index (χ4v) is 9.46. The van der Waals surface area contributed by atoms with E-state index in [2.05, 4.69) is 53.5 Å². The Morgan fingerprint density at radius 1 is 0.978 bits per heavy atom. The molecular weight excluding hydrogens is 576 g/mol. The van der Waals surface area contributed by atoms with Gasteiger partial charge in [0.15, 0.2) is 11.5 Å². The molecule has 5 aliphatic rings. The van der Waals surface area contributed by atoms with Gasteiger partial charge in [-0.15, -0.1) is 0 Å². The van der Waals surface area contributed by atoms with Crippen molar-refractivity contribution in [2.24, 2.45) is 5.92 Å². The van der Waals surface area contributed by atoms with Gasteiger partial charge < -0.3 is 30.1 Å². The number of rotatable bonds is 12. The molecule has 0 aromatic heterocycles. The van der Waals surface area contributed by atoms with Crippen molar-refractivity contribution in [2.75, 3.05) is 26.2 Å². The zero-order valence-corrected chi connectivity index (χ0v) is 27.0. The molecule has 3 fully saturated rings. The maximum Gasteiger partial charge on any atom is 0.165 e. The lowest BCUT2D eigenvalue weighted by molar-refractivity contribution is -0.237. The first-order valence-corrected chi connectivity index (χ1v) is 17.5. The Morgan fingerprint density at radius 3 is 2.57 bits per heavy atom. The fourth-order valence-electron chi connectivity index (χ4n) is 9.46. The Balaban J connectivity index is 0.944. The molecule has 46 heavy (non-hydrogen) atoms. The number of aliphatic hydroxyl groups is 2. The lowest BCUT2D eigenvalue weighted by Crippen LogP contribution is -2.79. The van der Waals surface area contributed by atoms with Crippen molar-refractivity contribution in [1.82, 2.24) is 10.2 Å². The van der Waals surface area contributed by atoms with Crippen LogP contribution in [-0.4, -0.2) is 69.7 Å². The summed E-state index contributed by atoms with van der Waals surface area (Å²) < 4.78 is 13.0. The predicted octanol–water partition coefficient (Wildman–Crippen LogP) is 5.58. The predicted molar refractivity (Wildman–Crippen MR) is 177 cm³/mol. The van der Waals surface area contributed by atoms with Crippen molar-refractivity contribution in [3.8, 4) is 17.2 Å². The van der Waals surface area contributed by atoms with Crippen LogP contribution in [0.4, 0.5) is 0 Å². The van der Waals surface area contributed by atoms with Crippen molar-refractivity contribution in [3.63, 3.8) is 0 Å². The van der Waals surface area contributed by atoms with Crippen LogP contribution in [0.5, 0.6) is 17.2 Å². The van der Waals surface area contributed by atoms with E-state index < -0.39 is 22.7 Å². The number of nitrogens with zero attached hydrogens (tertiary/aromatic N) is 1. The topological polar surface area (TPSA) is 94.4 Å². The number of piperidine rings is 1. The summed E-state index contributed by atoms with van der Waals surface area (Å²) >= 11 is 0. The molecule has 1 spiro atoms. The van der Waals surface area contributed by atoms with E-state index in [0.29, 0.717) is 25.0 Å². The van der Waals surface area contributed by atoms with Crippen molar-refractivity contribution in [1.29, 1.82) is 0 Å². The molecule has 7 heteroatoms. The van der Waals surface area contributed by atoms with Gasteiger partial charge in [0.05, 0.1) is 11.0 Å². The fraction of sp³-hybridized carbons (Fsp3) is 0.538. The summed E-state index contributed by atoms with van der Waals surface area (Å²) in [6.07, 6.45) is 6.66. The van der Waals surface area contributed by atoms with Crippen LogP contribution in [0.15, 0.2) is 66.7 Å². The third-order valence-corrected chi connectivity index (χ3v) is 12.0. The van der Waals surface area contributed by atoms with E-state index >= 15 is 0 Å². The molecule has 1 saturated heterocycles. The SMILES string of the molecule is Cc1ccc(OC(CCNCCC[C@]2(O)CC[C@@]3(O)[C@H]4Cc5ccc(O)c6c5[C@@]3(CCN4CC3CC3)[C@H]2O6)c2ccccc2)cc1. The largest absolute Gasteiger partial charge is 0.504 e. The van der Waals surface area contributed by atoms with Gasteiger partial charge in [0.25, 0.3) is 0 Å². The van der Waals surface area contributed by atoms with Gasteiger partial charge in [-0.3, -0.25) is 4.90 Å².